The highest BCUT2D eigenvalue weighted by atomic mass is 16.2. The number of pyridine rings is 1. The molecule has 3 unspecified atom stereocenters. The lowest BCUT2D eigenvalue weighted by atomic mass is 9.78. The largest absolute Gasteiger partial charge is 0.349 e. The molecule has 1 amide bonds. The van der Waals surface area contributed by atoms with E-state index in [1.165, 1.54) is 12.5 Å². The molecular weight excluding hydrogens is 276 g/mol. The molecule has 0 bridgehead atoms. The summed E-state index contributed by atoms with van der Waals surface area (Å²) in [7, 11) is 0. The fourth-order valence-electron chi connectivity index (χ4n) is 3.42. The zero-order chi connectivity index (χ0) is 15.7. The zero-order valence-electron chi connectivity index (χ0n) is 13.1. The maximum Gasteiger partial charge on any atom is 0.252 e. The van der Waals surface area contributed by atoms with E-state index in [0.717, 1.165) is 18.2 Å². The molecule has 22 heavy (non-hydrogen) atoms. The first-order valence-corrected chi connectivity index (χ1v) is 7.99. The van der Waals surface area contributed by atoms with E-state index in [4.69, 9.17) is 0 Å². The monoisotopic (exact) mass is 298 g/mol. The number of para-hydroxylation sites is 1. The first kappa shape index (κ1) is 14.8. The van der Waals surface area contributed by atoms with Gasteiger partial charge in [0.1, 0.15) is 0 Å². The van der Waals surface area contributed by atoms with Crippen molar-refractivity contribution in [1.29, 1.82) is 0 Å². The summed E-state index contributed by atoms with van der Waals surface area (Å²) in [5.41, 5.74) is 0.920. The summed E-state index contributed by atoms with van der Waals surface area (Å²) in [5.74, 6) is 0.939. The molecule has 1 fully saturated rings. The van der Waals surface area contributed by atoms with Gasteiger partial charge in [-0.1, -0.05) is 44.9 Å². The van der Waals surface area contributed by atoms with E-state index in [2.05, 4.69) is 24.1 Å². The van der Waals surface area contributed by atoms with Crippen molar-refractivity contribution in [2.45, 2.75) is 39.2 Å². The highest BCUT2D eigenvalue weighted by Crippen LogP contribution is 2.29. The fraction of sp³-hybridized carbons (Fsp3) is 0.444. The average Bonchev–Trinajstić information content (AvgIpc) is 2.51. The summed E-state index contributed by atoms with van der Waals surface area (Å²) >= 11 is 0. The lowest BCUT2D eigenvalue weighted by Crippen LogP contribution is -2.43. The highest BCUT2D eigenvalue weighted by Gasteiger charge is 2.28. The van der Waals surface area contributed by atoms with Crippen LogP contribution in [-0.2, 0) is 0 Å². The molecule has 2 N–H and O–H groups in total. The molecule has 3 atom stereocenters. The van der Waals surface area contributed by atoms with Gasteiger partial charge in [0.25, 0.3) is 5.91 Å². The summed E-state index contributed by atoms with van der Waals surface area (Å²) in [5, 5.41) is 3.93. The minimum atomic E-state index is -0.242. The van der Waals surface area contributed by atoms with E-state index in [0.29, 0.717) is 22.9 Å². The number of benzene rings is 1. The van der Waals surface area contributed by atoms with Gasteiger partial charge < -0.3 is 10.3 Å². The van der Waals surface area contributed by atoms with Crippen molar-refractivity contribution in [2.24, 2.45) is 11.8 Å². The maximum absolute atomic E-state index is 12.7. The Morgan fingerprint density at radius 1 is 1.23 bits per heavy atom. The van der Waals surface area contributed by atoms with E-state index >= 15 is 0 Å². The number of amides is 1. The maximum atomic E-state index is 12.7. The second-order valence-corrected chi connectivity index (χ2v) is 6.44. The van der Waals surface area contributed by atoms with Crippen LogP contribution in [0.5, 0.6) is 0 Å². The number of rotatable bonds is 2. The van der Waals surface area contributed by atoms with Crippen LogP contribution < -0.4 is 10.9 Å². The topological polar surface area (TPSA) is 62.0 Å². The fourth-order valence-corrected chi connectivity index (χ4v) is 3.42. The van der Waals surface area contributed by atoms with Gasteiger partial charge in [-0.25, -0.2) is 0 Å². The summed E-state index contributed by atoms with van der Waals surface area (Å²) in [6.45, 7) is 4.44. The highest BCUT2D eigenvalue weighted by molar-refractivity contribution is 6.06. The van der Waals surface area contributed by atoms with Crippen molar-refractivity contribution < 1.29 is 4.79 Å². The molecule has 1 aliphatic carbocycles. The van der Waals surface area contributed by atoms with E-state index < -0.39 is 0 Å². The van der Waals surface area contributed by atoms with Gasteiger partial charge in [-0.15, -0.1) is 0 Å². The Bertz CT molecular complexity index is 750. The smallest absolute Gasteiger partial charge is 0.252 e. The van der Waals surface area contributed by atoms with Crippen molar-refractivity contribution in [3.8, 4) is 0 Å². The van der Waals surface area contributed by atoms with Crippen molar-refractivity contribution in [1.82, 2.24) is 10.3 Å². The summed E-state index contributed by atoms with van der Waals surface area (Å²) < 4.78 is 0. The Hall–Kier alpha value is -2.10. The quantitative estimate of drug-likeness (QED) is 0.895. The molecule has 4 heteroatoms. The summed E-state index contributed by atoms with van der Waals surface area (Å²) in [6, 6.07) is 9.00. The van der Waals surface area contributed by atoms with Gasteiger partial charge >= 0.3 is 0 Å². The van der Waals surface area contributed by atoms with Gasteiger partial charge in [-0.05, 0) is 24.3 Å². The van der Waals surface area contributed by atoms with Crippen molar-refractivity contribution in [3.63, 3.8) is 0 Å². The van der Waals surface area contributed by atoms with Crippen LogP contribution in [0.3, 0.4) is 0 Å². The third-order valence-corrected chi connectivity index (χ3v) is 5.02. The number of fused-ring (bicyclic) bond motifs is 1. The lowest BCUT2D eigenvalue weighted by molar-refractivity contribution is 0.0892. The molecule has 0 radical (unpaired) electrons. The number of hydrogen-bond donors (Lipinski definition) is 2. The average molecular weight is 298 g/mol. The van der Waals surface area contributed by atoms with Crippen LogP contribution in [-0.4, -0.2) is 16.9 Å². The van der Waals surface area contributed by atoms with Gasteiger partial charge in [0.15, 0.2) is 0 Å². The van der Waals surface area contributed by atoms with Crippen LogP contribution in [0.1, 0.15) is 43.5 Å². The Morgan fingerprint density at radius 3 is 2.82 bits per heavy atom. The minimum Gasteiger partial charge on any atom is -0.349 e. The SMILES string of the molecule is CC1CCCC(NC(=O)c2cc(=O)[nH]c3ccccc23)C1C. The minimum absolute atomic E-state index is 0.145. The van der Waals surface area contributed by atoms with Crippen LogP contribution >= 0.6 is 0 Å². The van der Waals surface area contributed by atoms with Crippen molar-refractivity contribution in [3.05, 3.63) is 46.2 Å². The van der Waals surface area contributed by atoms with Gasteiger partial charge in [0, 0.05) is 23.0 Å². The summed E-state index contributed by atoms with van der Waals surface area (Å²) in [6.07, 6.45) is 3.38. The van der Waals surface area contributed by atoms with Crippen LogP contribution in [0.2, 0.25) is 0 Å². The number of nitrogens with one attached hydrogen (secondary N) is 2. The number of aromatic nitrogens is 1. The van der Waals surface area contributed by atoms with Crippen molar-refractivity contribution in [2.75, 3.05) is 0 Å². The molecule has 3 rings (SSSR count). The normalized spacial score (nSPS) is 25.1. The standard InChI is InChI=1S/C18H22N2O2/c1-11-6-5-9-15(12(11)2)20-18(22)14-10-17(21)19-16-8-4-3-7-13(14)16/h3-4,7-8,10-12,15H,5-6,9H2,1-2H3,(H,19,21)(H,20,22). The molecule has 4 nitrogen and oxygen atoms in total. The number of H-pyrrole nitrogens is 1. The Labute approximate surface area is 129 Å². The Morgan fingerprint density at radius 2 is 2.00 bits per heavy atom. The Kier molecular flexibility index (Phi) is 4.01. The first-order chi connectivity index (χ1) is 10.6. The van der Waals surface area contributed by atoms with Crippen molar-refractivity contribution >= 4 is 16.8 Å². The number of carbonyl (C=O) groups excluding carboxylic acids is 1. The van der Waals surface area contributed by atoms with Crippen LogP contribution in [0, 0.1) is 11.8 Å². The number of hydrogen-bond acceptors (Lipinski definition) is 2. The first-order valence-electron chi connectivity index (χ1n) is 7.99. The molecule has 0 spiro atoms. The van der Waals surface area contributed by atoms with Gasteiger partial charge in [-0.3, -0.25) is 9.59 Å². The van der Waals surface area contributed by atoms with Gasteiger partial charge in [0.05, 0.1) is 5.56 Å². The van der Waals surface area contributed by atoms with Crippen LogP contribution in [0.15, 0.2) is 35.1 Å². The van der Waals surface area contributed by atoms with Gasteiger partial charge in [0.2, 0.25) is 5.56 Å². The van der Waals surface area contributed by atoms with E-state index in [-0.39, 0.29) is 17.5 Å². The van der Waals surface area contributed by atoms with Crippen LogP contribution in [0.4, 0.5) is 0 Å². The third-order valence-electron chi connectivity index (χ3n) is 5.02. The Balaban J connectivity index is 1.91. The summed E-state index contributed by atoms with van der Waals surface area (Å²) in [4.78, 5) is 27.2. The lowest BCUT2D eigenvalue weighted by Gasteiger charge is -2.34. The molecule has 1 aromatic heterocycles. The molecule has 0 saturated heterocycles. The second kappa shape index (κ2) is 5.95. The molecule has 2 aromatic rings. The van der Waals surface area contributed by atoms with Gasteiger partial charge in [-0.2, -0.15) is 0 Å². The predicted octanol–water partition coefficient (Wildman–Crippen LogP) is 3.08. The second-order valence-electron chi connectivity index (χ2n) is 6.44. The zero-order valence-corrected chi connectivity index (χ0v) is 13.1. The molecular formula is C18H22N2O2. The molecule has 0 aliphatic heterocycles. The number of aromatic amines is 1. The molecule has 1 heterocycles. The van der Waals surface area contributed by atoms with E-state index in [1.807, 2.05) is 24.3 Å². The molecule has 116 valence electrons. The molecule has 1 aromatic carbocycles. The number of carbonyl (C=O) groups is 1. The van der Waals surface area contributed by atoms with E-state index in [9.17, 15) is 9.59 Å². The molecule has 1 saturated carbocycles. The van der Waals surface area contributed by atoms with Crippen LogP contribution in [0.25, 0.3) is 10.9 Å². The predicted molar refractivity (Wildman–Crippen MR) is 88.0 cm³/mol. The van der Waals surface area contributed by atoms with E-state index in [1.54, 1.807) is 0 Å². The molecule has 1 aliphatic rings. The third kappa shape index (κ3) is 2.78.